The lowest BCUT2D eigenvalue weighted by molar-refractivity contribution is -0.123. The van der Waals surface area contributed by atoms with Gasteiger partial charge in [0.15, 0.2) is 6.61 Å². The van der Waals surface area contributed by atoms with Gasteiger partial charge in [-0.25, -0.2) is 5.43 Å². The smallest absolute Gasteiger partial charge is 0.277 e. The second kappa shape index (κ2) is 7.75. The van der Waals surface area contributed by atoms with E-state index < -0.39 is 0 Å². The Bertz CT molecular complexity index is 681. The van der Waals surface area contributed by atoms with E-state index in [1.54, 1.807) is 0 Å². The van der Waals surface area contributed by atoms with Crippen LogP contribution >= 0.6 is 15.9 Å². The first-order chi connectivity index (χ1) is 10.6. The number of rotatable bonds is 5. The van der Waals surface area contributed by atoms with Crippen LogP contribution in [0, 0.1) is 6.92 Å². The van der Waals surface area contributed by atoms with Gasteiger partial charge >= 0.3 is 0 Å². The summed E-state index contributed by atoms with van der Waals surface area (Å²) in [6.07, 6.45) is 0. The van der Waals surface area contributed by atoms with Crippen LogP contribution in [0.25, 0.3) is 0 Å². The van der Waals surface area contributed by atoms with Crippen LogP contribution in [0.15, 0.2) is 58.1 Å². The highest BCUT2D eigenvalue weighted by Crippen LogP contribution is 2.15. The standard InChI is InChI=1S/C17H17BrN2O2/c1-12-5-3-4-6-16(12)22-11-17(21)20-19-13(2)14-7-9-15(18)10-8-14/h3-10H,11H2,1-2H3,(H,20,21)/b19-13-. The summed E-state index contributed by atoms with van der Waals surface area (Å²) in [5.74, 6) is 0.408. The first-order valence-corrected chi connectivity index (χ1v) is 7.63. The van der Waals surface area contributed by atoms with Crippen molar-refractivity contribution in [1.82, 2.24) is 5.43 Å². The molecule has 114 valence electrons. The number of hydrogen-bond donors (Lipinski definition) is 1. The minimum Gasteiger partial charge on any atom is -0.483 e. The summed E-state index contributed by atoms with van der Waals surface area (Å²) in [6, 6.07) is 15.3. The molecule has 0 aromatic heterocycles. The summed E-state index contributed by atoms with van der Waals surface area (Å²) in [5, 5.41) is 4.08. The van der Waals surface area contributed by atoms with Gasteiger partial charge in [0.25, 0.3) is 5.91 Å². The fourth-order valence-electron chi connectivity index (χ4n) is 1.80. The van der Waals surface area contributed by atoms with E-state index in [1.807, 2.05) is 62.4 Å². The summed E-state index contributed by atoms with van der Waals surface area (Å²) in [7, 11) is 0. The molecule has 0 saturated heterocycles. The van der Waals surface area contributed by atoms with Gasteiger partial charge in [-0.3, -0.25) is 4.79 Å². The normalized spacial score (nSPS) is 11.1. The van der Waals surface area contributed by atoms with Crippen LogP contribution in [0.1, 0.15) is 18.1 Å². The van der Waals surface area contributed by atoms with E-state index >= 15 is 0 Å². The highest BCUT2D eigenvalue weighted by atomic mass is 79.9. The first-order valence-electron chi connectivity index (χ1n) is 6.84. The van der Waals surface area contributed by atoms with E-state index in [2.05, 4.69) is 26.5 Å². The Hall–Kier alpha value is -2.14. The highest BCUT2D eigenvalue weighted by molar-refractivity contribution is 9.10. The summed E-state index contributed by atoms with van der Waals surface area (Å²) in [6.45, 7) is 3.71. The predicted octanol–water partition coefficient (Wildman–Crippen LogP) is 3.68. The number of nitrogens with one attached hydrogen (secondary N) is 1. The van der Waals surface area contributed by atoms with Gasteiger partial charge in [-0.15, -0.1) is 0 Å². The Labute approximate surface area is 138 Å². The minimum atomic E-state index is -0.292. The summed E-state index contributed by atoms with van der Waals surface area (Å²) >= 11 is 3.38. The molecule has 0 fully saturated rings. The van der Waals surface area contributed by atoms with Gasteiger partial charge in [0.2, 0.25) is 0 Å². The van der Waals surface area contributed by atoms with Crippen molar-refractivity contribution < 1.29 is 9.53 Å². The van der Waals surface area contributed by atoms with Gasteiger partial charge in [-0.05, 0) is 43.2 Å². The van der Waals surface area contributed by atoms with E-state index in [0.29, 0.717) is 5.75 Å². The average Bonchev–Trinajstić information content (AvgIpc) is 2.52. The third kappa shape index (κ3) is 4.70. The van der Waals surface area contributed by atoms with Crippen molar-refractivity contribution in [3.8, 4) is 5.75 Å². The van der Waals surface area contributed by atoms with Gasteiger partial charge in [0.1, 0.15) is 5.75 Å². The Morgan fingerprint density at radius 1 is 1.18 bits per heavy atom. The summed E-state index contributed by atoms with van der Waals surface area (Å²) < 4.78 is 6.46. The maximum absolute atomic E-state index is 11.8. The molecule has 5 heteroatoms. The van der Waals surface area contributed by atoms with Crippen LogP contribution in [-0.4, -0.2) is 18.2 Å². The Morgan fingerprint density at radius 2 is 1.86 bits per heavy atom. The molecule has 4 nitrogen and oxygen atoms in total. The van der Waals surface area contributed by atoms with E-state index in [0.717, 1.165) is 21.3 Å². The van der Waals surface area contributed by atoms with E-state index in [-0.39, 0.29) is 12.5 Å². The molecule has 0 aliphatic carbocycles. The van der Waals surface area contributed by atoms with Crippen molar-refractivity contribution >= 4 is 27.5 Å². The fourth-order valence-corrected chi connectivity index (χ4v) is 2.06. The van der Waals surface area contributed by atoms with Crippen molar-refractivity contribution in [2.45, 2.75) is 13.8 Å². The molecule has 0 aliphatic rings. The number of carbonyl (C=O) groups is 1. The lowest BCUT2D eigenvalue weighted by Gasteiger charge is -2.08. The molecule has 0 bridgehead atoms. The van der Waals surface area contributed by atoms with Crippen molar-refractivity contribution in [1.29, 1.82) is 0 Å². The number of benzene rings is 2. The van der Waals surface area contributed by atoms with Gasteiger partial charge in [-0.2, -0.15) is 5.10 Å². The van der Waals surface area contributed by atoms with Crippen LogP contribution < -0.4 is 10.2 Å². The van der Waals surface area contributed by atoms with Crippen molar-refractivity contribution in [3.05, 3.63) is 64.1 Å². The largest absolute Gasteiger partial charge is 0.483 e. The molecule has 0 aliphatic heterocycles. The molecule has 22 heavy (non-hydrogen) atoms. The van der Waals surface area contributed by atoms with Gasteiger partial charge in [0, 0.05) is 4.47 Å². The number of halogens is 1. The van der Waals surface area contributed by atoms with Crippen LogP contribution in [0.3, 0.4) is 0 Å². The van der Waals surface area contributed by atoms with Crippen molar-refractivity contribution in [2.24, 2.45) is 5.10 Å². The quantitative estimate of drug-likeness (QED) is 0.653. The molecule has 0 saturated carbocycles. The van der Waals surface area contributed by atoms with E-state index in [4.69, 9.17) is 4.74 Å². The monoisotopic (exact) mass is 360 g/mol. The molecule has 0 atom stereocenters. The van der Waals surface area contributed by atoms with Crippen LogP contribution in [0.2, 0.25) is 0 Å². The number of amides is 1. The summed E-state index contributed by atoms with van der Waals surface area (Å²) in [5.41, 5.74) is 5.17. The topological polar surface area (TPSA) is 50.7 Å². The zero-order valence-corrected chi connectivity index (χ0v) is 14.1. The van der Waals surface area contributed by atoms with Crippen LogP contribution in [-0.2, 0) is 4.79 Å². The molecule has 1 amide bonds. The molecule has 2 rings (SSSR count). The molecular weight excluding hydrogens is 344 g/mol. The minimum absolute atomic E-state index is 0.0675. The fraction of sp³-hybridized carbons (Fsp3) is 0.176. The zero-order valence-electron chi connectivity index (χ0n) is 12.5. The van der Waals surface area contributed by atoms with E-state index in [9.17, 15) is 4.79 Å². The third-order valence-corrected chi connectivity index (χ3v) is 3.59. The lowest BCUT2D eigenvalue weighted by atomic mass is 10.1. The molecule has 0 radical (unpaired) electrons. The number of aryl methyl sites for hydroxylation is 1. The Morgan fingerprint density at radius 3 is 2.55 bits per heavy atom. The molecular formula is C17H17BrN2O2. The average molecular weight is 361 g/mol. The number of hydrogen-bond acceptors (Lipinski definition) is 3. The maximum atomic E-state index is 11.8. The molecule has 2 aromatic rings. The second-order valence-electron chi connectivity index (χ2n) is 4.79. The molecule has 0 spiro atoms. The lowest BCUT2D eigenvalue weighted by Crippen LogP contribution is -2.25. The predicted molar refractivity (Wildman–Crippen MR) is 91.2 cm³/mol. The highest BCUT2D eigenvalue weighted by Gasteiger charge is 2.04. The van der Waals surface area contributed by atoms with Gasteiger partial charge < -0.3 is 4.74 Å². The number of nitrogens with zero attached hydrogens (tertiary/aromatic N) is 1. The number of ether oxygens (including phenoxy) is 1. The first kappa shape index (κ1) is 16.2. The Kier molecular flexibility index (Phi) is 5.72. The third-order valence-electron chi connectivity index (χ3n) is 3.06. The van der Waals surface area contributed by atoms with Crippen molar-refractivity contribution in [3.63, 3.8) is 0 Å². The summed E-state index contributed by atoms with van der Waals surface area (Å²) in [4.78, 5) is 11.8. The second-order valence-corrected chi connectivity index (χ2v) is 5.71. The van der Waals surface area contributed by atoms with Gasteiger partial charge in [-0.1, -0.05) is 46.3 Å². The maximum Gasteiger partial charge on any atom is 0.277 e. The van der Waals surface area contributed by atoms with Gasteiger partial charge in [0.05, 0.1) is 5.71 Å². The zero-order chi connectivity index (χ0) is 15.9. The van der Waals surface area contributed by atoms with Crippen LogP contribution in [0.5, 0.6) is 5.75 Å². The Balaban J connectivity index is 1.88. The molecule has 0 unspecified atom stereocenters. The van der Waals surface area contributed by atoms with Crippen LogP contribution in [0.4, 0.5) is 0 Å². The molecule has 2 aromatic carbocycles. The SMILES string of the molecule is C/C(=N/NC(=O)COc1ccccc1C)c1ccc(Br)cc1. The van der Waals surface area contributed by atoms with E-state index in [1.165, 1.54) is 0 Å². The van der Waals surface area contributed by atoms with Crippen molar-refractivity contribution in [2.75, 3.05) is 6.61 Å². The molecule has 0 heterocycles. The number of para-hydroxylation sites is 1. The number of hydrazone groups is 1. The number of carbonyl (C=O) groups excluding carboxylic acids is 1. The molecule has 1 N–H and O–H groups in total.